The van der Waals surface area contributed by atoms with Gasteiger partial charge >= 0.3 is 0 Å². The normalized spacial score (nSPS) is 10.9. The van der Waals surface area contributed by atoms with Crippen LogP contribution in [0.5, 0.6) is 11.5 Å². The average Bonchev–Trinajstić information content (AvgIpc) is 3.04. The van der Waals surface area contributed by atoms with Crippen LogP contribution in [-0.2, 0) is 11.2 Å². The predicted molar refractivity (Wildman–Crippen MR) is 98.9 cm³/mol. The molecule has 130 valence electrons. The van der Waals surface area contributed by atoms with Crippen molar-refractivity contribution in [3.63, 3.8) is 0 Å². The number of benzene rings is 1. The minimum absolute atomic E-state index is 0.106. The van der Waals surface area contributed by atoms with Crippen molar-refractivity contribution in [1.82, 2.24) is 5.32 Å². The average molecular weight is 356 g/mol. The van der Waals surface area contributed by atoms with Crippen molar-refractivity contribution in [2.24, 2.45) is 0 Å². The molecule has 1 heterocycles. The highest BCUT2D eigenvalue weighted by atomic mass is 32.1. The molecule has 25 heavy (non-hydrogen) atoms. The number of hydrogen-bond donors (Lipinski definition) is 1. The summed E-state index contributed by atoms with van der Waals surface area (Å²) in [5, 5.41) is 12.0. The van der Waals surface area contributed by atoms with E-state index in [1.807, 2.05) is 43.3 Å². The van der Waals surface area contributed by atoms with Gasteiger partial charge in [-0.05, 0) is 49.2 Å². The molecule has 0 aliphatic carbocycles. The van der Waals surface area contributed by atoms with Crippen molar-refractivity contribution in [3.05, 3.63) is 51.2 Å². The van der Waals surface area contributed by atoms with Gasteiger partial charge in [-0.3, -0.25) is 4.79 Å². The number of nitrogens with zero attached hydrogens (tertiary/aromatic N) is 1. The fourth-order valence-corrected chi connectivity index (χ4v) is 3.09. The Bertz CT molecular complexity index is 818. The molecule has 6 heteroatoms. The van der Waals surface area contributed by atoms with E-state index in [1.54, 1.807) is 31.6 Å². The molecule has 0 spiro atoms. The summed E-state index contributed by atoms with van der Waals surface area (Å²) in [5.41, 5.74) is 1.11. The Morgan fingerprint density at radius 3 is 2.60 bits per heavy atom. The molecule has 2 rings (SSSR count). The minimum atomic E-state index is -0.367. The molecular formula is C19H20N2O3S. The number of thiophene rings is 1. The van der Waals surface area contributed by atoms with Gasteiger partial charge in [-0.2, -0.15) is 5.26 Å². The number of nitrogens with one attached hydrogen (secondary N) is 1. The van der Waals surface area contributed by atoms with Crippen LogP contribution in [0.4, 0.5) is 0 Å². The maximum atomic E-state index is 12.2. The number of methoxy groups -OCH3 is 2. The molecule has 0 radical (unpaired) electrons. The largest absolute Gasteiger partial charge is 0.493 e. The van der Waals surface area contributed by atoms with Gasteiger partial charge in [0.1, 0.15) is 11.6 Å². The Labute approximate surface area is 151 Å². The first-order valence-corrected chi connectivity index (χ1v) is 8.56. The van der Waals surface area contributed by atoms with Crippen molar-refractivity contribution >= 4 is 23.3 Å². The maximum absolute atomic E-state index is 12.2. The lowest BCUT2D eigenvalue weighted by atomic mass is 10.1. The highest BCUT2D eigenvalue weighted by molar-refractivity contribution is 7.12. The third kappa shape index (κ3) is 5.10. The molecule has 0 aliphatic rings. The van der Waals surface area contributed by atoms with Crippen LogP contribution in [0.15, 0.2) is 35.9 Å². The van der Waals surface area contributed by atoms with E-state index in [4.69, 9.17) is 9.47 Å². The molecule has 1 aromatic carbocycles. The number of rotatable bonds is 7. The lowest BCUT2D eigenvalue weighted by molar-refractivity contribution is -0.117. The Morgan fingerprint density at radius 1 is 1.24 bits per heavy atom. The molecule has 2 aromatic rings. The van der Waals surface area contributed by atoms with Crippen molar-refractivity contribution < 1.29 is 14.3 Å². The van der Waals surface area contributed by atoms with Gasteiger partial charge in [0, 0.05) is 16.3 Å². The van der Waals surface area contributed by atoms with E-state index in [0.29, 0.717) is 24.5 Å². The van der Waals surface area contributed by atoms with Gasteiger partial charge in [-0.1, -0.05) is 6.07 Å². The van der Waals surface area contributed by atoms with E-state index in [0.717, 1.165) is 15.3 Å². The Kier molecular flexibility index (Phi) is 6.61. The summed E-state index contributed by atoms with van der Waals surface area (Å²) in [5.74, 6) is 0.947. The molecule has 0 unspecified atom stereocenters. The summed E-state index contributed by atoms with van der Waals surface area (Å²) in [7, 11) is 3.17. The van der Waals surface area contributed by atoms with Crippen molar-refractivity contribution in [1.29, 1.82) is 5.26 Å². The van der Waals surface area contributed by atoms with Gasteiger partial charge in [0.2, 0.25) is 0 Å². The minimum Gasteiger partial charge on any atom is -0.493 e. The van der Waals surface area contributed by atoms with E-state index in [2.05, 4.69) is 5.32 Å². The lowest BCUT2D eigenvalue weighted by Gasteiger charge is -2.10. The molecule has 1 aromatic heterocycles. The molecule has 0 fully saturated rings. The monoisotopic (exact) mass is 356 g/mol. The number of amides is 1. The topological polar surface area (TPSA) is 71.3 Å². The first-order chi connectivity index (χ1) is 12.1. The highest BCUT2D eigenvalue weighted by Crippen LogP contribution is 2.27. The SMILES string of the molecule is COc1ccc(CCNC(=O)C(C#N)=Cc2ccc(C)s2)cc1OC. The fourth-order valence-electron chi connectivity index (χ4n) is 2.27. The fraction of sp³-hybridized carbons (Fsp3) is 0.263. The van der Waals surface area contributed by atoms with Gasteiger partial charge in [0.15, 0.2) is 11.5 Å². The predicted octanol–water partition coefficient (Wildman–Crippen LogP) is 3.34. The van der Waals surface area contributed by atoms with E-state index >= 15 is 0 Å². The van der Waals surface area contributed by atoms with Crippen LogP contribution in [0.2, 0.25) is 0 Å². The molecular weight excluding hydrogens is 336 g/mol. The summed E-state index contributed by atoms with van der Waals surface area (Å²) in [6.45, 7) is 2.41. The molecule has 1 amide bonds. The molecule has 0 saturated heterocycles. The molecule has 5 nitrogen and oxygen atoms in total. The standard InChI is InChI=1S/C19H20N2O3S/c1-13-4-6-16(25-13)11-15(12-20)19(22)21-9-8-14-5-7-17(23-2)18(10-14)24-3/h4-7,10-11H,8-9H2,1-3H3,(H,21,22). The summed E-state index contributed by atoms with van der Waals surface area (Å²) in [6, 6.07) is 11.4. The Morgan fingerprint density at radius 2 is 2.00 bits per heavy atom. The number of ether oxygens (including phenoxy) is 2. The van der Waals surface area contributed by atoms with E-state index < -0.39 is 0 Å². The van der Waals surface area contributed by atoms with Crippen LogP contribution in [0.3, 0.4) is 0 Å². The summed E-state index contributed by atoms with van der Waals surface area (Å²) >= 11 is 1.54. The van der Waals surface area contributed by atoms with Crippen LogP contribution in [0, 0.1) is 18.3 Å². The van der Waals surface area contributed by atoms with E-state index in [-0.39, 0.29) is 11.5 Å². The zero-order valence-corrected chi connectivity index (χ0v) is 15.3. The maximum Gasteiger partial charge on any atom is 0.261 e. The van der Waals surface area contributed by atoms with Gasteiger partial charge in [0.05, 0.1) is 14.2 Å². The van der Waals surface area contributed by atoms with Crippen LogP contribution < -0.4 is 14.8 Å². The summed E-state index contributed by atoms with van der Waals surface area (Å²) in [4.78, 5) is 14.2. The number of hydrogen-bond acceptors (Lipinski definition) is 5. The summed E-state index contributed by atoms with van der Waals surface area (Å²) in [6.07, 6.45) is 2.24. The first-order valence-electron chi connectivity index (χ1n) is 7.74. The second-order valence-corrected chi connectivity index (χ2v) is 6.63. The Hall–Kier alpha value is -2.78. The zero-order valence-electron chi connectivity index (χ0n) is 14.5. The van der Waals surface area contributed by atoms with Crippen molar-refractivity contribution in [3.8, 4) is 17.6 Å². The van der Waals surface area contributed by atoms with Gasteiger partial charge in [-0.25, -0.2) is 0 Å². The lowest BCUT2D eigenvalue weighted by Crippen LogP contribution is -2.26. The summed E-state index contributed by atoms with van der Waals surface area (Å²) < 4.78 is 10.5. The number of aryl methyl sites for hydroxylation is 1. The molecule has 0 aliphatic heterocycles. The van der Waals surface area contributed by atoms with Crippen molar-refractivity contribution in [2.45, 2.75) is 13.3 Å². The number of nitriles is 1. The van der Waals surface area contributed by atoms with Gasteiger partial charge < -0.3 is 14.8 Å². The molecule has 1 N–H and O–H groups in total. The molecule has 0 saturated carbocycles. The van der Waals surface area contributed by atoms with Crippen molar-refractivity contribution in [2.75, 3.05) is 20.8 Å². The third-order valence-corrected chi connectivity index (χ3v) is 4.51. The van der Waals surface area contributed by atoms with E-state index in [9.17, 15) is 10.1 Å². The van der Waals surface area contributed by atoms with Crippen LogP contribution in [0.25, 0.3) is 6.08 Å². The van der Waals surface area contributed by atoms with Gasteiger partial charge in [0.25, 0.3) is 5.91 Å². The van der Waals surface area contributed by atoms with Gasteiger partial charge in [-0.15, -0.1) is 11.3 Å². The zero-order chi connectivity index (χ0) is 18.2. The van der Waals surface area contributed by atoms with E-state index in [1.165, 1.54) is 0 Å². The van der Waals surface area contributed by atoms with Crippen LogP contribution in [0.1, 0.15) is 15.3 Å². The number of carbonyl (C=O) groups is 1. The smallest absolute Gasteiger partial charge is 0.261 e. The van der Waals surface area contributed by atoms with Crippen LogP contribution in [-0.4, -0.2) is 26.7 Å². The highest BCUT2D eigenvalue weighted by Gasteiger charge is 2.10. The Balaban J connectivity index is 1.95. The third-order valence-electron chi connectivity index (χ3n) is 3.56. The second kappa shape index (κ2) is 8.90. The number of carbonyl (C=O) groups excluding carboxylic acids is 1. The molecule has 0 bridgehead atoms. The quantitative estimate of drug-likeness (QED) is 0.610. The molecule has 0 atom stereocenters. The first kappa shape index (κ1) is 18.6. The van der Waals surface area contributed by atoms with Crippen LogP contribution >= 0.6 is 11.3 Å². The second-order valence-electron chi connectivity index (χ2n) is 5.31.